The van der Waals surface area contributed by atoms with Gasteiger partial charge in [0.25, 0.3) is 0 Å². The molecule has 2 heteroatoms. The van der Waals surface area contributed by atoms with Gasteiger partial charge in [0.15, 0.2) is 0 Å². The molecule has 0 radical (unpaired) electrons. The molecule has 27 heavy (non-hydrogen) atoms. The first kappa shape index (κ1) is 20.0. The van der Waals surface area contributed by atoms with E-state index in [4.69, 9.17) is 0 Å². The van der Waals surface area contributed by atoms with Gasteiger partial charge in [0, 0.05) is 11.5 Å². The molecule has 0 bridgehead atoms. The van der Waals surface area contributed by atoms with Crippen LogP contribution in [0.15, 0.2) is 35.9 Å². The summed E-state index contributed by atoms with van der Waals surface area (Å²) in [6.45, 7) is 10.6. The van der Waals surface area contributed by atoms with Crippen LogP contribution in [0.5, 0.6) is 11.5 Å². The van der Waals surface area contributed by atoms with Crippen molar-refractivity contribution in [1.29, 1.82) is 0 Å². The van der Waals surface area contributed by atoms with Gasteiger partial charge in [-0.05, 0) is 75.0 Å². The van der Waals surface area contributed by atoms with Crippen molar-refractivity contribution in [1.82, 2.24) is 0 Å². The molecule has 2 unspecified atom stereocenters. The van der Waals surface area contributed by atoms with Crippen molar-refractivity contribution in [2.24, 2.45) is 5.92 Å². The highest BCUT2D eigenvalue weighted by Gasteiger charge is 2.44. The minimum absolute atomic E-state index is 0.0185. The highest BCUT2D eigenvalue weighted by atomic mass is 16.3. The minimum atomic E-state index is 0.0185. The normalized spacial score (nSPS) is 23.7. The number of rotatable bonds is 8. The van der Waals surface area contributed by atoms with Crippen LogP contribution in [0.4, 0.5) is 0 Å². The first-order valence-corrected chi connectivity index (χ1v) is 10.8. The van der Waals surface area contributed by atoms with Crippen molar-refractivity contribution >= 4 is 0 Å². The topological polar surface area (TPSA) is 40.5 Å². The number of aromatic hydroxyl groups is 2. The average molecular weight is 369 g/mol. The van der Waals surface area contributed by atoms with E-state index in [-0.39, 0.29) is 28.7 Å². The maximum atomic E-state index is 10.9. The summed E-state index contributed by atoms with van der Waals surface area (Å²) in [5.74, 6) is 0.810. The van der Waals surface area contributed by atoms with E-state index in [1.54, 1.807) is 0 Å². The molecule has 2 N–H and O–H groups in total. The molecule has 0 aromatic heterocycles. The highest BCUT2D eigenvalue weighted by Crippen LogP contribution is 2.55. The summed E-state index contributed by atoms with van der Waals surface area (Å²) in [6.07, 6.45) is 12.9. The van der Waals surface area contributed by atoms with Crippen LogP contribution in [0.2, 0.25) is 0 Å². The van der Waals surface area contributed by atoms with Crippen LogP contribution in [0.25, 0.3) is 0 Å². The Balaban J connectivity index is 1.87. The Labute approximate surface area is 165 Å². The van der Waals surface area contributed by atoms with E-state index in [1.165, 1.54) is 50.5 Å². The van der Waals surface area contributed by atoms with Crippen molar-refractivity contribution in [2.45, 2.75) is 89.9 Å². The standard InChI is InChI=1S/C25H36O2/c1-5-6-7-8-11-25(12-13-25)19-15-22(26)24(23(27)16-19)21-14-18(4)9-10-20(21)17(2)3/h14-16,20-21,26-27H,2,5-13H2,1,3-4H3. The Morgan fingerprint density at radius 1 is 1.15 bits per heavy atom. The highest BCUT2D eigenvalue weighted by molar-refractivity contribution is 5.54. The molecular formula is C25H36O2. The van der Waals surface area contributed by atoms with Gasteiger partial charge >= 0.3 is 0 Å². The molecule has 2 atom stereocenters. The van der Waals surface area contributed by atoms with Gasteiger partial charge < -0.3 is 10.2 Å². The summed E-state index contributed by atoms with van der Waals surface area (Å²) in [6, 6.07) is 3.88. The number of phenols is 2. The lowest BCUT2D eigenvalue weighted by Crippen LogP contribution is -2.17. The molecule has 2 aliphatic carbocycles. The third-order valence-electron chi connectivity index (χ3n) is 6.82. The van der Waals surface area contributed by atoms with Gasteiger partial charge in [0.1, 0.15) is 11.5 Å². The third kappa shape index (κ3) is 4.25. The fourth-order valence-electron chi connectivity index (χ4n) is 4.90. The lowest BCUT2D eigenvalue weighted by molar-refractivity contribution is 0.404. The average Bonchev–Trinajstić information content (AvgIpc) is 3.39. The van der Waals surface area contributed by atoms with Crippen LogP contribution < -0.4 is 0 Å². The molecule has 2 nitrogen and oxygen atoms in total. The second-order valence-corrected chi connectivity index (χ2v) is 9.05. The Kier molecular flexibility index (Phi) is 6.03. The summed E-state index contributed by atoms with van der Waals surface area (Å²) in [5.41, 5.74) is 4.46. The van der Waals surface area contributed by atoms with Crippen LogP contribution in [-0.4, -0.2) is 10.2 Å². The zero-order valence-electron chi connectivity index (χ0n) is 17.4. The van der Waals surface area contributed by atoms with E-state index in [1.807, 2.05) is 12.1 Å². The SMILES string of the molecule is C=C(C)C1CCC(C)=CC1c1c(O)cc(C2(CCCCCC)CC2)cc1O. The van der Waals surface area contributed by atoms with Gasteiger partial charge in [-0.15, -0.1) is 0 Å². The quantitative estimate of drug-likeness (QED) is 0.379. The molecule has 3 rings (SSSR count). The molecule has 0 amide bonds. The van der Waals surface area contributed by atoms with Crippen molar-refractivity contribution in [3.63, 3.8) is 0 Å². The lowest BCUT2D eigenvalue weighted by Gasteiger charge is -2.31. The largest absolute Gasteiger partial charge is 0.507 e. The smallest absolute Gasteiger partial charge is 0.123 e. The van der Waals surface area contributed by atoms with E-state index < -0.39 is 0 Å². The van der Waals surface area contributed by atoms with Crippen molar-refractivity contribution in [2.75, 3.05) is 0 Å². The molecule has 1 aromatic rings. The fraction of sp³-hybridized carbons (Fsp3) is 0.600. The van der Waals surface area contributed by atoms with E-state index >= 15 is 0 Å². The summed E-state index contributed by atoms with van der Waals surface area (Å²) >= 11 is 0. The summed E-state index contributed by atoms with van der Waals surface area (Å²) < 4.78 is 0. The van der Waals surface area contributed by atoms with Crippen LogP contribution in [0.1, 0.15) is 95.6 Å². The zero-order valence-corrected chi connectivity index (χ0v) is 17.4. The minimum Gasteiger partial charge on any atom is -0.507 e. The Morgan fingerprint density at radius 2 is 1.81 bits per heavy atom. The monoisotopic (exact) mass is 368 g/mol. The van der Waals surface area contributed by atoms with Gasteiger partial charge in [-0.3, -0.25) is 0 Å². The summed E-state index contributed by atoms with van der Waals surface area (Å²) in [4.78, 5) is 0. The Bertz CT molecular complexity index is 701. The van der Waals surface area contributed by atoms with Crippen molar-refractivity contribution < 1.29 is 10.2 Å². The zero-order chi connectivity index (χ0) is 19.6. The van der Waals surface area contributed by atoms with Gasteiger partial charge in [0.2, 0.25) is 0 Å². The molecule has 1 fully saturated rings. The Morgan fingerprint density at radius 3 is 2.37 bits per heavy atom. The molecule has 0 heterocycles. The number of phenolic OH excluding ortho intramolecular Hbond substituents is 2. The number of hydrogen-bond donors (Lipinski definition) is 2. The molecular weight excluding hydrogens is 332 g/mol. The van der Waals surface area contributed by atoms with E-state index in [9.17, 15) is 10.2 Å². The molecule has 2 aliphatic rings. The molecule has 0 spiro atoms. The molecule has 148 valence electrons. The molecule has 0 aliphatic heterocycles. The Hall–Kier alpha value is -1.70. The van der Waals surface area contributed by atoms with E-state index in [0.29, 0.717) is 5.56 Å². The maximum Gasteiger partial charge on any atom is 0.123 e. The number of allylic oxidation sites excluding steroid dienone is 3. The van der Waals surface area contributed by atoms with E-state index in [2.05, 4.69) is 33.4 Å². The maximum absolute atomic E-state index is 10.9. The van der Waals surface area contributed by atoms with Crippen molar-refractivity contribution in [3.8, 4) is 11.5 Å². The predicted molar refractivity (Wildman–Crippen MR) is 113 cm³/mol. The second kappa shape index (κ2) is 8.12. The number of hydrogen-bond acceptors (Lipinski definition) is 2. The lowest BCUT2D eigenvalue weighted by atomic mass is 9.73. The van der Waals surface area contributed by atoms with Crippen molar-refractivity contribution in [3.05, 3.63) is 47.1 Å². The molecule has 1 saturated carbocycles. The predicted octanol–water partition coefficient (Wildman–Crippen LogP) is 7.12. The second-order valence-electron chi connectivity index (χ2n) is 9.05. The number of unbranched alkanes of at least 4 members (excludes halogenated alkanes) is 3. The van der Waals surface area contributed by atoms with Gasteiger partial charge in [-0.2, -0.15) is 0 Å². The first-order valence-electron chi connectivity index (χ1n) is 10.8. The van der Waals surface area contributed by atoms with Crippen LogP contribution in [-0.2, 0) is 5.41 Å². The van der Waals surface area contributed by atoms with Gasteiger partial charge in [0.05, 0.1) is 0 Å². The molecule has 1 aromatic carbocycles. The third-order valence-corrected chi connectivity index (χ3v) is 6.82. The van der Waals surface area contributed by atoms with Gasteiger partial charge in [-0.1, -0.05) is 56.4 Å². The summed E-state index contributed by atoms with van der Waals surface area (Å²) in [7, 11) is 0. The van der Waals surface area contributed by atoms with Crippen LogP contribution in [0.3, 0.4) is 0 Å². The van der Waals surface area contributed by atoms with Gasteiger partial charge in [-0.25, -0.2) is 0 Å². The summed E-state index contributed by atoms with van der Waals surface area (Å²) in [5, 5.41) is 21.8. The van der Waals surface area contributed by atoms with Crippen LogP contribution in [0, 0.1) is 5.92 Å². The number of benzene rings is 1. The fourth-order valence-corrected chi connectivity index (χ4v) is 4.90. The van der Waals surface area contributed by atoms with E-state index in [0.717, 1.165) is 24.0 Å². The van der Waals surface area contributed by atoms with Crippen LogP contribution >= 0.6 is 0 Å². The first-order chi connectivity index (χ1) is 12.9. The molecule has 0 saturated heterocycles.